The maximum Gasteiger partial charge on any atom is 0.308 e. The number of hydrogen-bond acceptors (Lipinski definition) is 3. The van der Waals surface area contributed by atoms with E-state index in [9.17, 15) is 19.5 Å². The van der Waals surface area contributed by atoms with Gasteiger partial charge in [-0.25, -0.2) is 0 Å². The highest BCUT2D eigenvalue weighted by atomic mass is 16.4. The van der Waals surface area contributed by atoms with Gasteiger partial charge in [-0.05, 0) is 12.0 Å². The lowest BCUT2D eigenvalue weighted by Gasteiger charge is -2.16. The Bertz CT molecular complexity index is 557. The lowest BCUT2D eigenvalue weighted by molar-refractivity contribution is -0.142. The highest BCUT2D eigenvalue weighted by Crippen LogP contribution is 2.33. The molecule has 118 valence electrons. The number of nitrogens with zero attached hydrogens (tertiary/aromatic N) is 1. The van der Waals surface area contributed by atoms with Crippen LogP contribution in [0, 0.1) is 5.92 Å². The van der Waals surface area contributed by atoms with Gasteiger partial charge in [-0.1, -0.05) is 30.3 Å². The smallest absolute Gasteiger partial charge is 0.308 e. The molecule has 0 spiro atoms. The molecule has 6 heteroatoms. The van der Waals surface area contributed by atoms with E-state index in [4.69, 9.17) is 5.11 Å². The molecular formula is C16H19NO5. The molecule has 1 aromatic rings. The first-order chi connectivity index (χ1) is 10.5. The first-order valence-corrected chi connectivity index (χ1v) is 7.26. The van der Waals surface area contributed by atoms with Gasteiger partial charge in [-0.2, -0.15) is 0 Å². The largest absolute Gasteiger partial charge is 0.481 e. The van der Waals surface area contributed by atoms with E-state index in [-0.39, 0.29) is 37.6 Å². The lowest BCUT2D eigenvalue weighted by atomic mass is 9.89. The molecule has 1 aromatic carbocycles. The zero-order valence-corrected chi connectivity index (χ0v) is 12.1. The number of likely N-dealkylation sites (tertiary alicyclic amines) is 1. The van der Waals surface area contributed by atoms with Crippen LogP contribution < -0.4 is 0 Å². The first kappa shape index (κ1) is 16.0. The van der Waals surface area contributed by atoms with E-state index in [1.807, 2.05) is 30.3 Å². The van der Waals surface area contributed by atoms with Crippen molar-refractivity contribution >= 4 is 17.8 Å². The van der Waals surface area contributed by atoms with Crippen molar-refractivity contribution in [2.75, 3.05) is 13.1 Å². The SMILES string of the molecule is O=C(O)CCCC(=O)N1C[C@@H](C(=O)O)[C@H](c2ccccc2)C1. The van der Waals surface area contributed by atoms with Gasteiger partial charge in [0.15, 0.2) is 0 Å². The van der Waals surface area contributed by atoms with Gasteiger partial charge in [0.2, 0.25) is 5.91 Å². The van der Waals surface area contributed by atoms with E-state index in [0.717, 1.165) is 5.56 Å². The van der Waals surface area contributed by atoms with Crippen LogP contribution in [0.5, 0.6) is 0 Å². The van der Waals surface area contributed by atoms with Crippen molar-refractivity contribution in [2.24, 2.45) is 5.92 Å². The summed E-state index contributed by atoms with van der Waals surface area (Å²) in [4.78, 5) is 35.6. The van der Waals surface area contributed by atoms with Gasteiger partial charge in [-0.15, -0.1) is 0 Å². The highest BCUT2D eigenvalue weighted by Gasteiger charge is 2.40. The number of amides is 1. The zero-order chi connectivity index (χ0) is 16.1. The molecule has 0 unspecified atom stereocenters. The minimum absolute atomic E-state index is 0.0515. The van der Waals surface area contributed by atoms with Crippen LogP contribution in [0.2, 0.25) is 0 Å². The zero-order valence-electron chi connectivity index (χ0n) is 12.1. The van der Waals surface area contributed by atoms with Gasteiger partial charge in [0.25, 0.3) is 0 Å². The Balaban J connectivity index is 2.03. The van der Waals surface area contributed by atoms with Crippen LogP contribution in [0.25, 0.3) is 0 Å². The Morgan fingerprint density at radius 1 is 1.05 bits per heavy atom. The summed E-state index contributed by atoms with van der Waals surface area (Å²) in [5.74, 6) is -2.85. The molecule has 1 amide bonds. The monoisotopic (exact) mass is 305 g/mol. The summed E-state index contributed by atoms with van der Waals surface area (Å²) in [7, 11) is 0. The summed E-state index contributed by atoms with van der Waals surface area (Å²) in [5.41, 5.74) is 0.913. The molecule has 1 aliphatic rings. The van der Waals surface area contributed by atoms with E-state index >= 15 is 0 Å². The highest BCUT2D eigenvalue weighted by molar-refractivity contribution is 5.80. The predicted molar refractivity (Wildman–Crippen MR) is 78.4 cm³/mol. The lowest BCUT2D eigenvalue weighted by Crippen LogP contribution is -2.29. The molecule has 0 bridgehead atoms. The number of benzene rings is 1. The summed E-state index contributed by atoms with van der Waals surface area (Å²) in [6.07, 6.45) is 0.364. The fourth-order valence-electron chi connectivity index (χ4n) is 2.84. The fraction of sp³-hybridized carbons (Fsp3) is 0.438. The third-order valence-corrected chi connectivity index (χ3v) is 4.00. The third kappa shape index (κ3) is 3.84. The predicted octanol–water partition coefficient (Wildman–Crippen LogP) is 1.57. The van der Waals surface area contributed by atoms with Crippen molar-refractivity contribution in [2.45, 2.75) is 25.2 Å². The second-order valence-corrected chi connectivity index (χ2v) is 5.51. The number of rotatable bonds is 6. The molecular weight excluding hydrogens is 286 g/mol. The molecule has 0 aliphatic carbocycles. The fourth-order valence-corrected chi connectivity index (χ4v) is 2.84. The number of carboxylic acid groups (broad SMARTS) is 2. The van der Waals surface area contributed by atoms with Crippen molar-refractivity contribution in [3.05, 3.63) is 35.9 Å². The summed E-state index contributed by atoms with van der Waals surface area (Å²) >= 11 is 0. The molecule has 0 radical (unpaired) electrons. The molecule has 22 heavy (non-hydrogen) atoms. The second kappa shape index (κ2) is 7.06. The topological polar surface area (TPSA) is 94.9 Å². The summed E-state index contributed by atoms with van der Waals surface area (Å²) in [5, 5.41) is 18.0. The number of carboxylic acids is 2. The summed E-state index contributed by atoms with van der Waals surface area (Å²) in [6, 6.07) is 9.32. The average molecular weight is 305 g/mol. The standard InChI is InChI=1S/C16H19NO5/c18-14(7-4-8-15(19)20)17-9-12(13(10-17)16(21)22)11-5-2-1-3-6-11/h1-3,5-6,12-13H,4,7-10H2,(H,19,20)(H,21,22)/t12-,13+/m0/s1. The number of carbonyl (C=O) groups is 3. The minimum Gasteiger partial charge on any atom is -0.481 e. The van der Waals surface area contributed by atoms with E-state index in [1.165, 1.54) is 4.90 Å². The van der Waals surface area contributed by atoms with E-state index in [1.54, 1.807) is 0 Å². The normalized spacial score (nSPS) is 20.8. The molecule has 1 fully saturated rings. The Labute approximate surface area is 128 Å². The summed E-state index contributed by atoms with van der Waals surface area (Å²) < 4.78 is 0. The van der Waals surface area contributed by atoms with Gasteiger partial charge in [0, 0.05) is 31.8 Å². The van der Waals surface area contributed by atoms with Crippen molar-refractivity contribution in [3.8, 4) is 0 Å². The van der Waals surface area contributed by atoms with Crippen LogP contribution in [0.15, 0.2) is 30.3 Å². The van der Waals surface area contributed by atoms with Gasteiger partial charge in [0.05, 0.1) is 5.92 Å². The molecule has 0 aromatic heterocycles. The number of aliphatic carboxylic acids is 2. The van der Waals surface area contributed by atoms with Crippen LogP contribution in [0.3, 0.4) is 0 Å². The van der Waals surface area contributed by atoms with Crippen LogP contribution in [0.4, 0.5) is 0 Å². The van der Waals surface area contributed by atoms with Gasteiger partial charge in [-0.3, -0.25) is 14.4 Å². The molecule has 1 saturated heterocycles. The van der Waals surface area contributed by atoms with Crippen LogP contribution >= 0.6 is 0 Å². The molecule has 0 saturated carbocycles. The first-order valence-electron chi connectivity index (χ1n) is 7.26. The van der Waals surface area contributed by atoms with Gasteiger partial charge >= 0.3 is 11.9 Å². The Kier molecular flexibility index (Phi) is 5.14. The second-order valence-electron chi connectivity index (χ2n) is 5.51. The third-order valence-electron chi connectivity index (χ3n) is 4.00. The van der Waals surface area contributed by atoms with Crippen molar-refractivity contribution < 1.29 is 24.6 Å². The van der Waals surface area contributed by atoms with Gasteiger partial charge < -0.3 is 15.1 Å². The van der Waals surface area contributed by atoms with Crippen LogP contribution in [-0.4, -0.2) is 46.0 Å². The molecule has 2 atom stereocenters. The summed E-state index contributed by atoms with van der Waals surface area (Å²) in [6.45, 7) is 0.549. The van der Waals surface area contributed by atoms with E-state index in [0.29, 0.717) is 6.54 Å². The average Bonchev–Trinajstić information content (AvgIpc) is 2.93. The van der Waals surface area contributed by atoms with Gasteiger partial charge in [0.1, 0.15) is 0 Å². The van der Waals surface area contributed by atoms with Crippen LogP contribution in [0.1, 0.15) is 30.7 Å². The number of hydrogen-bond donors (Lipinski definition) is 2. The van der Waals surface area contributed by atoms with Crippen molar-refractivity contribution in [1.82, 2.24) is 4.90 Å². The van der Waals surface area contributed by atoms with E-state index in [2.05, 4.69) is 0 Å². The van der Waals surface area contributed by atoms with Crippen molar-refractivity contribution in [3.63, 3.8) is 0 Å². The quantitative estimate of drug-likeness (QED) is 0.832. The van der Waals surface area contributed by atoms with Crippen molar-refractivity contribution in [1.29, 1.82) is 0 Å². The maximum atomic E-state index is 12.1. The molecule has 2 rings (SSSR count). The molecule has 6 nitrogen and oxygen atoms in total. The Hall–Kier alpha value is -2.37. The Morgan fingerprint density at radius 3 is 2.32 bits per heavy atom. The number of carbonyl (C=O) groups excluding carboxylic acids is 1. The minimum atomic E-state index is -0.931. The molecule has 1 aliphatic heterocycles. The molecule has 1 heterocycles. The Morgan fingerprint density at radius 2 is 1.73 bits per heavy atom. The van der Waals surface area contributed by atoms with Crippen LogP contribution in [-0.2, 0) is 14.4 Å². The maximum absolute atomic E-state index is 12.1. The van der Waals surface area contributed by atoms with E-state index < -0.39 is 17.9 Å². The molecule has 2 N–H and O–H groups in total.